The molecule has 32 heavy (non-hydrogen) atoms. The Hall–Kier alpha value is -2.97. The predicted molar refractivity (Wildman–Crippen MR) is 123 cm³/mol. The van der Waals surface area contributed by atoms with E-state index in [0.29, 0.717) is 17.1 Å². The van der Waals surface area contributed by atoms with Crippen LogP contribution < -0.4 is 10.9 Å². The van der Waals surface area contributed by atoms with E-state index in [1.54, 1.807) is 0 Å². The number of sulfone groups is 1. The second-order valence-electron chi connectivity index (χ2n) is 8.37. The number of pyridine rings is 1. The lowest BCUT2D eigenvalue weighted by Crippen LogP contribution is -2.32. The molecule has 3 rings (SSSR count). The Kier molecular flexibility index (Phi) is 6.31. The van der Waals surface area contributed by atoms with Crippen molar-refractivity contribution in [2.45, 2.75) is 31.1 Å². The molecule has 168 valence electrons. The summed E-state index contributed by atoms with van der Waals surface area (Å²) in [5.41, 5.74) is 0.391. The molecule has 1 amide bonds. The predicted octanol–water partition coefficient (Wildman–Crippen LogP) is 4.58. The normalized spacial score (nSPS) is 11.9. The molecule has 0 aliphatic heterocycles. The number of nitrogens with one attached hydrogen (secondary N) is 1. The van der Waals surface area contributed by atoms with Crippen LogP contribution in [0.15, 0.2) is 64.3 Å². The topological polar surface area (TPSA) is 85.2 Å². The number of rotatable bonds is 4. The maximum Gasteiger partial charge on any atom is 0.257 e. The van der Waals surface area contributed by atoms with Crippen molar-refractivity contribution in [3.05, 3.63) is 87.0 Å². The van der Waals surface area contributed by atoms with E-state index in [-0.39, 0.29) is 21.0 Å². The molecule has 0 bridgehead atoms. The zero-order chi connectivity index (χ0) is 23.8. The zero-order valence-electron chi connectivity index (χ0n) is 17.9. The average molecular weight is 477 g/mol. The average Bonchev–Trinajstić information content (AvgIpc) is 2.69. The summed E-state index contributed by atoms with van der Waals surface area (Å²) in [4.78, 5) is 26.1. The van der Waals surface area contributed by atoms with E-state index in [9.17, 15) is 22.4 Å². The largest absolute Gasteiger partial charge is 0.322 e. The van der Waals surface area contributed by atoms with E-state index in [1.807, 2.05) is 20.8 Å². The molecule has 0 aliphatic rings. The minimum absolute atomic E-state index is 0.119. The third-order valence-corrected chi connectivity index (χ3v) is 6.17. The summed E-state index contributed by atoms with van der Waals surface area (Å²) >= 11 is 5.80. The highest BCUT2D eigenvalue weighted by Crippen LogP contribution is 2.29. The van der Waals surface area contributed by atoms with Crippen LogP contribution in [0.5, 0.6) is 0 Å². The monoisotopic (exact) mass is 476 g/mol. The minimum atomic E-state index is -3.40. The van der Waals surface area contributed by atoms with Crippen molar-refractivity contribution >= 4 is 33.0 Å². The van der Waals surface area contributed by atoms with Crippen LogP contribution >= 0.6 is 11.6 Å². The van der Waals surface area contributed by atoms with Crippen molar-refractivity contribution < 1.29 is 17.6 Å². The van der Waals surface area contributed by atoms with Gasteiger partial charge in [0.05, 0.1) is 15.5 Å². The SMILES string of the molecule is CC(C)(C)c1c(C(=O)Nc2ccc(F)c(Cl)c2)ccc(=O)n1-c1ccc(S(C)(=O)=O)cc1. The van der Waals surface area contributed by atoms with Gasteiger partial charge < -0.3 is 5.32 Å². The molecule has 6 nitrogen and oxygen atoms in total. The molecule has 1 heterocycles. The highest BCUT2D eigenvalue weighted by Gasteiger charge is 2.27. The fourth-order valence-corrected chi connectivity index (χ4v) is 4.14. The standard InChI is InChI=1S/C23H22ClFN2O4S/c1-23(2,3)21-17(22(29)26-14-5-11-19(25)18(24)13-14)10-12-20(28)27(21)15-6-8-16(9-7-15)32(4,30)31/h5-13H,1-4H3,(H,26,29). The summed E-state index contributed by atoms with van der Waals surface area (Å²) in [6.07, 6.45) is 1.10. The molecule has 0 fully saturated rings. The minimum Gasteiger partial charge on any atom is -0.322 e. The first-order valence-electron chi connectivity index (χ1n) is 9.62. The fourth-order valence-electron chi connectivity index (χ4n) is 3.33. The van der Waals surface area contributed by atoms with Gasteiger partial charge in [-0.1, -0.05) is 32.4 Å². The summed E-state index contributed by atoms with van der Waals surface area (Å²) in [6, 6.07) is 12.4. The summed E-state index contributed by atoms with van der Waals surface area (Å²) in [5, 5.41) is 2.55. The first kappa shape index (κ1) is 23.7. The molecule has 0 spiro atoms. The maximum atomic E-state index is 13.4. The van der Waals surface area contributed by atoms with Crippen molar-refractivity contribution in [2.24, 2.45) is 0 Å². The van der Waals surface area contributed by atoms with Gasteiger partial charge in [-0.3, -0.25) is 14.2 Å². The van der Waals surface area contributed by atoms with Crippen molar-refractivity contribution in [1.82, 2.24) is 4.57 Å². The number of hydrogen-bond donors (Lipinski definition) is 1. The van der Waals surface area contributed by atoms with Gasteiger partial charge in [0.2, 0.25) is 0 Å². The molecule has 0 unspecified atom stereocenters. The molecule has 0 saturated heterocycles. The summed E-state index contributed by atoms with van der Waals surface area (Å²) in [6.45, 7) is 5.57. The third kappa shape index (κ3) is 4.92. The van der Waals surface area contributed by atoms with Gasteiger partial charge in [0.25, 0.3) is 11.5 Å². The number of carbonyl (C=O) groups excluding carboxylic acids is 1. The van der Waals surface area contributed by atoms with Gasteiger partial charge in [-0.25, -0.2) is 12.8 Å². The van der Waals surface area contributed by atoms with Crippen LogP contribution in [-0.4, -0.2) is 25.1 Å². The van der Waals surface area contributed by atoms with Gasteiger partial charge in [-0.05, 0) is 48.5 Å². The number of benzene rings is 2. The molecule has 0 atom stereocenters. The number of hydrogen-bond acceptors (Lipinski definition) is 4. The summed E-state index contributed by atoms with van der Waals surface area (Å²) in [5.74, 6) is -1.11. The van der Waals surface area contributed by atoms with Gasteiger partial charge >= 0.3 is 0 Å². The molecule has 3 aromatic rings. The molecule has 0 aliphatic carbocycles. The van der Waals surface area contributed by atoms with E-state index in [1.165, 1.54) is 53.1 Å². The smallest absolute Gasteiger partial charge is 0.257 e. The second-order valence-corrected chi connectivity index (χ2v) is 10.8. The van der Waals surface area contributed by atoms with Crippen LogP contribution in [0.25, 0.3) is 5.69 Å². The van der Waals surface area contributed by atoms with E-state index in [0.717, 1.165) is 12.3 Å². The molecule has 1 N–H and O–H groups in total. The van der Waals surface area contributed by atoms with Crippen LogP contribution in [-0.2, 0) is 15.3 Å². The molecule has 9 heteroatoms. The number of aromatic nitrogens is 1. The van der Waals surface area contributed by atoms with Gasteiger partial charge in [0.1, 0.15) is 5.82 Å². The van der Waals surface area contributed by atoms with Crippen LogP contribution in [0.4, 0.5) is 10.1 Å². The van der Waals surface area contributed by atoms with E-state index in [2.05, 4.69) is 5.32 Å². The Morgan fingerprint density at radius 2 is 1.66 bits per heavy atom. The lowest BCUT2D eigenvalue weighted by molar-refractivity contribution is 0.102. The quantitative estimate of drug-likeness (QED) is 0.597. The Labute approximate surface area is 190 Å². The van der Waals surface area contributed by atoms with Crippen LogP contribution in [0.3, 0.4) is 0 Å². The summed E-state index contributed by atoms with van der Waals surface area (Å²) in [7, 11) is -3.40. The Balaban J connectivity index is 2.15. The van der Waals surface area contributed by atoms with Gasteiger partial charge in [-0.2, -0.15) is 0 Å². The van der Waals surface area contributed by atoms with Crippen molar-refractivity contribution in [2.75, 3.05) is 11.6 Å². The molecule has 0 radical (unpaired) electrons. The molecule has 0 saturated carbocycles. The first-order valence-corrected chi connectivity index (χ1v) is 11.9. The van der Waals surface area contributed by atoms with Gasteiger partial charge in [-0.15, -0.1) is 0 Å². The molecular weight excluding hydrogens is 455 g/mol. The lowest BCUT2D eigenvalue weighted by Gasteiger charge is -2.27. The molecule has 1 aromatic heterocycles. The van der Waals surface area contributed by atoms with Crippen LogP contribution in [0.2, 0.25) is 5.02 Å². The van der Waals surface area contributed by atoms with Crippen molar-refractivity contribution in [1.29, 1.82) is 0 Å². The first-order chi connectivity index (χ1) is 14.8. The third-order valence-electron chi connectivity index (χ3n) is 4.75. The van der Waals surface area contributed by atoms with Crippen molar-refractivity contribution in [3.8, 4) is 5.69 Å². The number of nitrogens with zero attached hydrogens (tertiary/aromatic N) is 1. The highest BCUT2D eigenvalue weighted by molar-refractivity contribution is 7.90. The Morgan fingerprint density at radius 3 is 2.19 bits per heavy atom. The zero-order valence-corrected chi connectivity index (χ0v) is 19.5. The molecule has 2 aromatic carbocycles. The van der Waals surface area contributed by atoms with Gasteiger partial charge in [0, 0.05) is 34.8 Å². The highest BCUT2D eigenvalue weighted by atomic mass is 35.5. The Bertz CT molecular complexity index is 1360. The van der Waals surface area contributed by atoms with Crippen LogP contribution in [0.1, 0.15) is 36.8 Å². The van der Waals surface area contributed by atoms with E-state index >= 15 is 0 Å². The number of anilines is 1. The number of amides is 1. The van der Waals surface area contributed by atoms with E-state index < -0.39 is 27.0 Å². The second kappa shape index (κ2) is 8.52. The Morgan fingerprint density at radius 1 is 1.03 bits per heavy atom. The van der Waals surface area contributed by atoms with E-state index in [4.69, 9.17) is 11.6 Å². The van der Waals surface area contributed by atoms with Gasteiger partial charge in [0.15, 0.2) is 9.84 Å². The van der Waals surface area contributed by atoms with Crippen molar-refractivity contribution in [3.63, 3.8) is 0 Å². The fraction of sp³-hybridized carbons (Fsp3) is 0.217. The lowest BCUT2D eigenvalue weighted by atomic mass is 9.87. The maximum absolute atomic E-state index is 13.4. The summed E-state index contributed by atoms with van der Waals surface area (Å²) < 4.78 is 38.4. The van der Waals surface area contributed by atoms with Crippen LogP contribution in [0, 0.1) is 5.82 Å². The number of halogens is 2. The molecular formula is C23H22ClFN2O4S. The number of carbonyl (C=O) groups is 1.